The predicted octanol–water partition coefficient (Wildman–Crippen LogP) is 2.45. The van der Waals surface area contributed by atoms with Crippen LogP contribution in [0.25, 0.3) is 0 Å². The molecule has 1 aliphatic rings. The number of likely N-dealkylation sites (N-methyl/N-ethyl adjacent to an activating group) is 1. The van der Waals surface area contributed by atoms with Crippen LogP contribution >= 0.6 is 11.8 Å². The summed E-state index contributed by atoms with van der Waals surface area (Å²) in [5, 5.41) is 3.77. The van der Waals surface area contributed by atoms with Crippen LogP contribution in [0.3, 0.4) is 0 Å². The maximum atomic E-state index is 3.77. The first-order chi connectivity index (χ1) is 7.26. The van der Waals surface area contributed by atoms with Crippen molar-refractivity contribution in [1.82, 2.24) is 10.2 Å². The molecule has 1 saturated heterocycles. The smallest absolute Gasteiger partial charge is 0.0271 e. The van der Waals surface area contributed by atoms with E-state index in [0.717, 1.165) is 6.54 Å². The van der Waals surface area contributed by atoms with Gasteiger partial charge in [-0.25, -0.2) is 0 Å². The van der Waals surface area contributed by atoms with Crippen molar-refractivity contribution in [2.75, 3.05) is 32.1 Å². The summed E-state index contributed by atoms with van der Waals surface area (Å²) in [5.74, 6) is 2.58. The van der Waals surface area contributed by atoms with Gasteiger partial charge < -0.3 is 10.2 Å². The van der Waals surface area contributed by atoms with E-state index in [-0.39, 0.29) is 5.54 Å². The van der Waals surface area contributed by atoms with Gasteiger partial charge in [0.15, 0.2) is 0 Å². The Balaban J connectivity index is 2.48. The molecule has 0 spiro atoms. The Labute approximate surface area is 106 Å². The van der Waals surface area contributed by atoms with Gasteiger partial charge in [0.2, 0.25) is 0 Å². The molecule has 0 radical (unpaired) electrons. The average Bonchev–Trinajstić information content (AvgIpc) is 2.15. The van der Waals surface area contributed by atoms with Gasteiger partial charge in [0.05, 0.1) is 0 Å². The van der Waals surface area contributed by atoms with Crippen LogP contribution in [0.15, 0.2) is 0 Å². The topological polar surface area (TPSA) is 15.3 Å². The third kappa shape index (κ3) is 3.64. The number of rotatable bonds is 4. The molecule has 2 nitrogen and oxygen atoms in total. The summed E-state index contributed by atoms with van der Waals surface area (Å²) in [6, 6.07) is 0.658. The second-order valence-electron chi connectivity index (χ2n) is 6.45. The quantitative estimate of drug-likeness (QED) is 0.818. The summed E-state index contributed by atoms with van der Waals surface area (Å²) in [4.78, 5) is 2.29. The molecule has 3 heteroatoms. The van der Waals surface area contributed by atoms with Gasteiger partial charge in [0.1, 0.15) is 0 Å². The van der Waals surface area contributed by atoms with Crippen molar-refractivity contribution in [3.05, 3.63) is 0 Å². The zero-order valence-corrected chi connectivity index (χ0v) is 12.6. The second kappa shape index (κ2) is 5.28. The molecule has 1 rings (SSSR count). The molecule has 0 aromatic heterocycles. The van der Waals surface area contributed by atoms with Crippen LogP contribution in [0.4, 0.5) is 0 Å². The number of nitrogens with zero attached hydrogens (tertiary/aromatic N) is 1. The van der Waals surface area contributed by atoms with Crippen molar-refractivity contribution < 1.29 is 0 Å². The molecule has 0 amide bonds. The van der Waals surface area contributed by atoms with E-state index in [2.05, 4.69) is 63.8 Å². The molecule has 1 atom stereocenters. The third-order valence-electron chi connectivity index (χ3n) is 4.11. The summed E-state index contributed by atoms with van der Waals surface area (Å²) >= 11 is 2.09. The first-order valence-electron chi connectivity index (χ1n) is 6.24. The largest absolute Gasteiger partial charge is 0.311 e. The molecule has 96 valence electrons. The lowest BCUT2D eigenvalue weighted by Crippen LogP contribution is -2.54. The highest BCUT2D eigenvalue weighted by Gasteiger charge is 2.33. The van der Waals surface area contributed by atoms with E-state index >= 15 is 0 Å². The van der Waals surface area contributed by atoms with Crippen LogP contribution in [0.2, 0.25) is 0 Å². The van der Waals surface area contributed by atoms with Crippen molar-refractivity contribution in [2.45, 2.75) is 45.7 Å². The Kier molecular flexibility index (Phi) is 4.73. The highest BCUT2D eigenvalue weighted by Crippen LogP contribution is 2.34. The SMILES string of the molecule is CN(C)C(C)(C)CNC1CSCCC1(C)C. The van der Waals surface area contributed by atoms with Gasteiger partial charge in [0.25, 0.3) is 0 Å². The highest BCUT2D eigenvalue weighted by atomic mass is 32.2. The highest BCUT2D eigenvalue weighted by molar-refractivity contribution is 7.99. The van der Waals surface area contributed by atoms with Gasteiger partial charge >= 0.3 is 0 Å². The van der Waals surface area contributed by atoms with Gasteiger partial charge in [-0.15, -0.1) is 0 Å². The zero-order chi connectivity index (χ0) is 12.4. The molecule has 0 aliphatic carbocycles. The van der Waals surface area contributed by atoms with Gasteiger partial charge in [-0.1, -0.05) is 13.8 Å². The van der Waals surface area contributed by atoms with E-state index in [1.54, 1.807) is 0 Å². The monoisotopic (exact) mass is 244 g/mol. The van der Waals surface area contributed by atoms with Crippen molar-refractivity contribution in [2.24, 2.45) is 5.41 Å². The van der Waals surface area contributed by atoms with Crippen molar-refractivity contribution in [1.29, 1.82) is 0 Å². The first-order valence-corrected chi connectivity index (χ1v) is 7.40. The van der Waals surface area contributed by atoms with Gasteiger partial charge in [-0.2, -0.15) is 11.8 Å². The van der Waals surface area contributed by atoms with Crippen LogP contribution in [-0.4, -0.2) is 48.6 Å². The van der Waals surface area contributed by atoms with E-state index in [9.17, 15) is 0 Å². The maximum Gasteiger partial charge on any atom is 0.0271 e. The molecule has 0 saturated carbocycles. The second-order valence-corrected chi connectivity index (χ2v) is 7.60. The molecule has 1 unspecified atom stereocenters. The van der Waals surface area contributed by atoms with Crippen LogP contribution < -0.4 is 5.32 Å². The maximum absolute atomic E-state index is 3.77. The Morgan fingerprint density at radius 1 is 1.38 bits per heavy atom. The van der Waals surface area contributed by atoms with Crippen LogP contribution in [0.1, 0.15) is 34.1 Å². The van der Waals surface area contributed by atoms with E-state index in [0.29, 0.717) is 11.5 Å². The Bertz CT molecular complexity index is 224. The molecule has 0 aromatic carbocycles. The minimum atomic E-state index is 0.234. The van der Waals surface area contributed by atoms with Crippen molar-refractivity contribution >= 4 is 11.8 Å². The van der Waals surface area contributed by atoms with Crippen molar-refractivity contribution in [3.8, 4) is 0 Å². The predicted molar refractivity (Wildman–Crippen MR) is 75.3 cm³/mol. The van der Waals surface area contributed by atoms with E-state index in [1.165, 1.54) is 17.9 Å². The van der Waals surface area contributed by atoms with E-state index in [4.69, 9.17) is 0 Å². The summed E-state index contributed by atoms with van der Waals surface area (Å²) in [6.07, 6.45) is 1.33. The summed E-state index contributed by atoms with van der Waals surface area (Å²) < 4.78 is 0. The first kappa shape index (κ1) is 14.3. The lowest BCUT2D eigenvalue weighted by Gasteiger charge is -2.42. The summed E-state index contributed by atoms with van der Waals surface area (Å²) in [7, 11) is 4.31. The van der Waals surface area contributed by atoms with Crippen molar-refractivity contribution in [3.63, 3.8) is 0 Å². The summed E-state index contributed by atoms with van der Waals surface area (Å²) in [5.41, 5.74) is 0.686. The Morgan fingerprint density at radius 2 is 2.00 bits per heavy atom. The lowest BCUT2D eigenvalue weighted by atomic mass is 9.82. The molecule has 0 bridgehead atoms. The molecule has 0 aromatic rings. The average molecular weight is 244 g/mol. The van der Waals surface area contributed by atoms with Gasteiger partial charge in [0, 0.05) is 23.9 Å². The number of nitrogens with one attached hydrogen (secondary N) is 1. The molecule has 1 aliphatic heterocycles. The Morgan fingerprint density at radius 3 is 2.50 bits per heavy atom. The standard InChI is InChI=1S/C13H28N2S/c1-12(2)7-8-16-9-11(12)14-10-13(3,4)15(5)6/h11,14H,7-10H2,1-6H3. The fourth-order valence-corrected chi connectivity index (χ4v) is 3.44. The number of hydrogen-bond acceptors (Lipinski definition) is 3. The molecule has 1 heterocycles. The molecule has 16 heavy (non-hydrogen) atoms. The minimum absolute atomic E-state index is 0.234. The fraction of sp³-hybridized carbons (Fsp3) is 1.00. The minimum Gasteiger partial charge on any atom is -0.311 e. The molecule has 1 N–H and O–H groups in total. The van der Waals surface area contributed by atoms with Gasteiger partial charge in [-0.05, 0) is 45.5 Å². The normalized spacial score (nSPS) is 26.1. The zero-order valence-electron chi connectivity index (χ0n) is 11.8. The molecular weight excluding hydrogens is 216 g/mol. The summed E-state index contributed by atoms with van der Waals surface area (Å²) in [6.45, 7) is 10.4. The van der Waals surface area contributed by atoms with Crippen LogP contribution in [-0.2, 0) is 0 Å². The molecule has 1 fully saturated rings. The van der Waals surface area contributed by atoms with E-state index in [1.807, 2.05) is 0 Å². The Hall–Kier alpha value is 0.270. The lowest BCUT2D eigenvalue weighted by molar-refractivity contribution is 0.162. The van der Waals surface area contributed by atoms with Crippen LogP contribution in [0, 0.1) is 5.41 Å². The van der Waals surface area contributed by atoms with Crippen LogP contribution in [0.5, 0.6) is 0 Å². The van der Waals surface area contributed by atoms with E-state index < -0.39 is 0 Å². The fourth-order valence-electron chi connectivity index (χ4n) is 1.80. The number of hydrogen-bond donors (Lipinski definition) is 1. The number of thioether (sulfide) groups is 1. The van der Waals surface area contributed by atoms with Gasteiger partial charge in [-0.3, -0.25) is 0 Å². The molecular formula is C13H28N2S. The third-order valence-corrected chi connectivity index (χ3v) is 5.17.